The lowest BCUT2D eigenvalue weighted by atomic mass is 10.1. The van der Waals surface area contributed by atoms with Gasteiger partial charge in [-0.3, -0.25) is 19.5 Å². The fraction of sp³-hybridized carbons (Fsp3) is 0.414. The number of aromatic nitrogens is 2. The van der Waals surface area contributed by atoms with Gasteiger partial charge in [0.2, 0.25) is 17.8 Å². The number of carbonyl (C=O) groups excluding carboxylic acids is 2. The standard InChI is InChI=1S/C29H34N4O2/c1-20-7-13-23(14-8-20)26-18-33(25-15-9-21(2)10-16-25)29(30-26)31-27(34)19-32(17-22-11-12-22)28(35)24-5-3-4-6-24/h7-10,13-16,18,22,24H,3-6,11-12,17,19H2,1-2H3,(H,30,31,34). The molecule has 6 heteroatoms. The van der Waals surface area contributed by atoms with Gasteiger partial charge in [-0.25, -0.2) is 4.98 Å². The van der Waals surface area contributed by atoms with Gasteiger partial charge in [0.1, 0.15) is 0 Å². The molecular formula is C29H34N4O2. The number of aryl methyl sites for hydroxylation is 2. The Morgan fingerprint density at radius 1 is 0.943 bits per heavy atom. The van der Waals surface area contributed by atoms with E-state index in [1.807, 2.05) is 54.1 Å². The van der Waals surface area contributed by atoms with Crippen LogP contribution in [0.3, 0.4) is 0 Å². The van der Waals surface area contributed by atoms with Crippen LogP contribution in [0.2, 0.25) is 0 Å². The van der Waals surface area contributed by atoms with Gasteiger partial charge in [-0.2, -0.15) is 0 Å². The van der Waals surface area contributed by atoms with Gasteiger partial charge < -0.3 is 4.90 Å². The Bertz CT molecular complexity index is 1190. The van der Waals surface area contributed by atoms with Crippen LogP contribution >= 0.6 is 0 Å². The summed E-state index contributed by atoms with van der Waals surface area (Å²) in [5, 5.41) is 3.01. The number of anilines is 1. The van der Waals surface area contributed by atoms with Crippen LogP contribution in [0.5, 0.6) is 0 Å². The highest BCUT2D eigenvalue weighted by Crippen LogP contribution is 2.32. The number of imidazole rings is 1. The average molecular weight is 471 g/mol. The van der Waals surface area contributed by atoms with Crippen molar-refractivity contribution in [2.75, 3.05) is 18.4 Å². The normalized spacial score (nSPS) is 15.8. The van der Waals surface area contributed by atoms with Gasteiger partial charge in [-0.05, 0) is 57.6 Å². The molecule has 2 aromatic carbocycles. The van der Waals surface area contributed by atoms with E-state index in [4.69, 9.17) is 4.98 Å². The molecule has 0 aliphatic heterocycles. The Hall–Kier alpha value is -3.41. The molecule has 2 saturated carbocycles. The van der Waals surface area contributed by atoms with Crippen LogP contribution < -0.4 is 5.32 Å². The number of benzene rings is 2. The van der Waals surface area contributed by atoms with E-state index in [0.29, 0.717) is 18.4 Å². The summed E-state index contributed by atoms with van der Waals surface area (Å²) in [5.74, 6) is 1.02. The van der Waals surface area contributed by atoms with E-state index in [0.717, 1.165) is 55.5 Å². The summed E-state index contributed by atoms with van der Waals surface area (Å²) in [4.78, 5) is 32.9. The van der Waals surface area contributed by atoms with Crippen molar-refractivity contribution in [2.24, 2.45) is 11.8 Å². The second-order valence-corrected chi connectivity index (χ2v) is 10.2. The van der Waals surface area contributed by atoms with Gasteiger partial charge in [-0.1, -0.05) is 60.4 Å². The zero-order valence-corrected chi connectivity index (χ0v) is 20.7. The van der Waals surface area contributed by atoms with E-state index in [-0.39, 0.29) is 24.3 Å². The van der Waals surface area contributed by atoms with Crippen molar-refractivity contribution in [2.45, 2.75) is 52.4 Å². The molecular weight excluding hydrogens is 436 g/mol. The predicted octanol–water partition coefficient (Wildman–Crippen LogP) is 5.52. The smallest absolute Gasteiger partial charge is 0.246 e. The molecule has 2 fully saturated rings. The lowest BCUT2D eigenvalue weighted by Crippen LogP contribution is -2.42. The van der Waals surface area contributed by atoms with E-state index in [9.17, 15) is 9.59 Å². The summed E-state index contributed by atoms with van der Waals surface area (Å²) in [6, 6.07) is 16.3. The molecule has 3 aromatic rings. The van der Waals surface area contributed by atoms with Gasteiger partial charge in [0.15, 0.2) is 0 Å². The van der Waals surface area contributed by atoms with Crippen LogP contribution in [-0.4, -0.2) is 39.4 Å². The van der Waals surface area contributed by atoms with Crippen molar-refractivity contribution in [3.8, 4) is 16.9 Å². The highest BCUT2D eigenvalue weighted by atomic mass is 16.2. The molecule has 1 heterocycles. The number of nitrogens with one attached hydrogen (secondary N) is 1. The highest BCUT2D eigenvalue weighted by molar-refractivity contribution is 5.94. The first kappa shape index (κ1) is 23.3. The van der Waals surface area contributed by atoms with Crippen LogP contribution in [0.1, 0.15) is 49.7 Å². The molecule has 2 aliphatic rings. The van der Waals surface area contributed by atoms with Crippen LogP contribution in [0.4, 0.5) is 5.95 Å². The number of hydrogen-bond donors (Lipinski definition) is 1. The first-order valence-electron chi connectivity index (χ1n) is 12.8. The van der Waals surface area contributed by atoms with Crippen LogP contribution in [0.25, 0.3) is 16.9 Å². The van der Waals surface area contributed by atoms with Crippen LogP contribution in [0, 0.1) is 25.7 Å². The Kier molecular flexibility index (Phi) is 6.71. The second kappa shape index (κ2) is 10.1. The van der Waals surface area contributed by atoms with Gasteiger partial charge in [0, 0.05) is 29.9 Å². The van der Waals surface area contributed by atoms with E-state index >= 15 is 0 Å². The number of carbonyl (C=O) groups is 2. The van der Waals surface area contributed by atoms with Crippen molar-refractivity contribution in [1.82, 2.24) is 14.5 Å². The molecule has 0 unspecified atom stereocenters. The lowest BCUT2D eigenvalue weighted by molar-refractivity contribution is -0.138. The minimum absolute atomic E-state index is 0.0734. The second-order valence-electron chi connectivity index (χ2n) is 10.2. The molecule has 182 valence electrons. The molecule has 5 rings (SSSR count). The SMILES string of the molecule is Cc1ccc(-c2cn(-c3ccc(C)cc3)c(NC(=O)CN(CC3CC3)C(=O)C3CCCC3)n2)cc1. The van der Waals surface area contributed by atoms with Gasteiger partial charge in [0.05, 0.1) is 12.2 Å². The zero-order chi connectivity index (χ0) is 24.4. The zero-order valence-electron chi connectivity index (χ0n) is 20.7. The molecule has 0 spiro atoms. The molecule has 6 nitrogen and oxygen atoms in total. The summed E-state index contributed by atoms with van der Waals surface area (Å²) in [5.41, 5.74) is 5.05. The Labute approximate surface area is 207 Å². The average Bonchev–Trinajstić information content (AvgIpc) is 3.32. The Morgan fingerprint density at radius 3 is 2.20 bits per heavy atom. The molecule has 1 aromatic heterocycles. The Morgan fingerprint density at radius 2 is 1.57 bits per heavy atom. The summed E-state index contributed by atoms with van der Waals surface area (Å²) in [6.45, 7) is 4.87. The maximum atomic E-state index is 13.2. The monoisotopic (exact) mass is 470 g/mol. The molecule has 0 radical (unpaired) electrons. The van der Waals surface area contributed by atoms with E-state index in [2.05, 4.69) is 24.4 Å². The molecule has 1 N–H and O–H groups in total. The lowest BCUT2D eigenvalue weighted by Gasteiger charge is -2.25. The summed E-state index contributed by atoms with van der Waals surface area (Å²) in [7, 11) is 0. The summed E-state index contributed by atoms with van der Waals surface area (Å²) >= 11 is 0. The third-order valence-corrected chi connectivity index (χ3v) is 7.14. The highest BCUT2D eigenvalue weighted by Gasteiger charge is 2.33. The van der Waals surface area contributed by atoms with Crippen molar-refractivity contribution < 1.29 is 9.59 Å². The van der Waals surface area contributed by atoms with Crippen molar-refractivity contribution >= 4 is 17.8 Å². The third-order valence-electron chi connectivity index (χ3n) is 7.14. The molecule has 2 aliphatic carbocycles. The largest absolute Gasteiger partial charge is 0.333 e. The number of rotatable bonds is 8. The topological polar surface area (TPSA) is 67.2 Å². The van der Waals surface area contributed by atoms with E-state index in [1.54, 1.807) is 4.90 Å². The molecule has 0 atom stereocenters. The number of hydrogen-bond acceptors (Lipinski definition) is 3. The predicted molar refractivity (Wildman–Crippen MR) is 138 cm³/mol. The summed E-state index contributed by atoms with van der Waals surface area (Å²) in [6.07, 6.45) is 8.35. The summed E-state index contributed by atoms with van der Waals surface area (Å²) < 4.78 is 1.91. The van der Waals surface area contributed by atoms with Crippen molar-refractivity contribution in [3.05, 3.63) is 65.9 Å². The third kappa shape index (κ3) is 5.64. The number of amides is 2. The Balaban J connectivity index is 1.39. The molecule has 2 amide bonds. The van der Waals surface area contributed by atoms with Crippen molar-refractivity contribution in [3.63, 3.8) is 0 Å². The molecule has 0 bridgehead atoms. The maximum Gasteiger partial charge on any atom is 0.246 e. The fourth-order valence-electron chi connectivity index (χ4n) is 4.85. The van der Waals surface area contributed by atoms with Gasteiger partial charge >= 0.3 is 0 Å². The van der Waals surface area contributed by atoms with Crippen LogP contribution in [-0.2, 0) is 9.59 Å². The fourth-order valence-corrected chi connectivity index (χ4v) is 4.85. The molecule has 35 heavy (non-hydrogen) atoms. The first-order valence-corrected chi connectivity index (χ1v) is 12.8. The van der Waals surface area contributed by atoms with Gasteiger partial charge in [-0.15, -0.1) is 0 Å². The van der Waals surface area contributed by atoms with Gasteiger partial charge in [0.25, 0.3) is 0 Å². The first-order chi connectivity index (χ1) is 17.0. The van der Waals surface area contributed by atoms with Crippen molar-refractivity contribution in [1.29, 1.82) is 0 Å². The molecule has 0 saturated heterocycles. The maximum absolute atomic E-state index is 13.2. The minimum atomic E-state index is -0.202. The van der Waals surface area contributed by atoms with E-state index < -0.39 is 0 Å². The van der Waals surface area contributed by atoms with E-state index in [1.165, 1.54) is 11.1 Å². The van der Waals surface area contributed by atoms with Crippen LogP contribution in [0.15, 0.2) is 54.7 Å². The number of nitrogens with zero attached hydrogens (tertiary/aromatic N) is 3. The minimum Gasteiger partial charge on any atom is -0.333 e. The quantitative estimate of drug-likeness (QED) is 0.471.